The molecule has 0 aromatic heterocycles. The molecule has 0 aliphatic heterocycles. The molecule has 0 saturated heterocycles. The van der Waals surface area contributed by atoms with Gasteiger partial charge in [0.25, 0.3) is 5.69 Å². The van der Waals surface area contributed by atoms with E-state index >= 15 is 0 Å². The number of methoxy groups -OCH3 is 1. The lowest BCUT2D eigenvalue weighted by Gasteiger charge is -2.07. The van der Waals surface area contributed by atoms with Gasteiger partial charge in [0.1, 0.15) is 11.4 Å². The molecule has 1 rings (SSSR count). The molecule has 0 aliphatic carbocycles. The summed E-state index contributed by atoms with van der Waals surface area (Å²) in [5.41, 5.74) is 0.0410. The third kappa shape index (κ3) is 9.08. The number of hydrogen-bond donors (Lipinski definition) is 1. The first-order valence-electron chi connectivity index (χ1n) is 9.28. The predicted molar refractivity (Wildman–Crippen MR) is 108 cm³/mol. The van der Waals surface area contributed by atoms with E-state index in [0.717, 1.165) is 12.2 Å². The molecule has 0 aliphatic rings. The van der Waals surface area contributed by atoms with Crippen molar-refractivity contribution < 1.29 is 14.5 Å². The molecule has 146 valence electrons. The number of carbonyl (C=O) groups is 1. The smallest absolute Gasteiger partial charge is 0.296 e. The molecule has 1 amide bonds. The zero-order valence-corrected chi connectivity index (χ0v) is 16.6. The second-order valence-electron chi connectivity index (χ2n) is 6.22. The highest BCUT2D eigenvalue weighted by Gasteiger charge is 2.17. The van der Waals surface area contributed by atoms with Crippen molar-refractivity contribution in [2.45, 2.75) is 58.3 Å². The molecule has 6 nitrogen and oxygen atoms in total. The van der Waals surface area contributed by atoms with Crippen molar-refractivity contribution in [3.05, 3.63) is 28.3 Å². The number of anilines is 1. The number of carbonyl (C=O) groups excluding carboxylic acids is 1. The Kier molecular flexibility index (Phi) is 11.5. The SMILES string of the molecule is CCCCCCCCCCSCC(=O)Nc1ccc(OC)cc1[N+](=O)[O-]. The fourth-order valence-electron chi connectivity index (χ4n) is 2.58. The Morgan fingerprint density at radius 2 is 1.81 bits per heavy atom. The maximum absolute atomic E-state index is 12.0. The van der Waals surface area contributed by atoms with Gasteiger partial charge < -0.3 is 10.1 Å². The lowest BCUT2D eigenvalue weighted by molar-refractivity contribution is -0.384. The summed E-state index contributed by atoms with van der Waals surface area (Å²) < 4.78 is 4.98. The van der Waals surface area contributed by atoms with Gasteiger partial charge >= 0.3 is 0 Å². The van der Waals surface area contributed by atoms with Crippen molar-refractivity contribution in [2.75, 3.05) is 23.9 Å². The van der Waals surface area contributed by atoms with Crippen LogP contribution in [0.3, 0.4) is 0 Å². The van der Waals surface area contributed by atoms with E-state index in [2.05, 4.69) is 12.2 Å². The third-order valence-corrected chi connectivity index (χ3v) is 5.09. The van der Waals surface area contributed by atoms with E-state index in [9.17, 15) is 14.9 Å². The number of benzene rings is 1. The van der Waals surface area contributed by atoms with Gasteiger partial charge in [0.15, 0.2) is 0 Å². The van der Waals surface area contributed by atoms with Gasteiger partial charge in [-0.1, -0.05) is 51.9 Å². The van der Waals surface area contributed by atoms with Crippen LogP contribution < -0.4 is 10.1 Å². The number of hydrogen-bond acceptors (Lipinski definition) is 5. The summed E-state index contributed by atoms with van der Waals surface area (Å²) in [5, 5.41) is 13.7. The van der Waals surface area contributed by atoms with Crippen LogP contribution in [0, 0.1) is 10.1 Å². The Labute approximate surface area is 160 Å². The van der Waals surface area contributed by atoms with Crippen LogP contribution in [-0.2, 0) is 4.79 Å². The molecule has 1 aromatic rings. The maximum atomic E-state index is 12.0. The fourth-order valence-corrected chi connectivity index (χ4v) is 3.39. The molecule has 0 unspecified atom stereocenters. The zero-order valence-electron chi connectivity index (χ0n) is 15.8. The highest BCUT2D eigenvalue weighted by Crippen LogP contribution is 2.29. The Bertz CT molecular complexity index is 566. The minimum atomic E-state index is -0.522. The van der Waals surface area contributed by atoms with E-state index in [1.165, 1.54) is 64.2 Å². The zero-order chi connectivity index (χ0) is 19.2. The molecule has 0 spiro atoms. The number of rotatable bonds is 14. The Balaban J connectivity index is 2.22. The number of thioether (sulfide) groups is 1. The van der Waals surface area contributed by atoms with Crippen LogP contribution >= 0.6 is 11.8 Å². The summed E-state index contributed by atoms with van der Waals surface area (Å²) in [6.45, 7) is 2.22. The Hall–Kier alpha value is -1.76. The van der Waals surface area contributed by atoms with Gasteiger partial charge in [-0.05, 0) is 24.3 Å². The largest absolute Gasteiger partial charge is 0.496 e. The number of nitrogens with one attached hydrogen (secondary N) is 1. The van der Waals surface area contributed by atoms with Crippen LogP contribution in [0.15, 0.2) is 18.2 Å². The molecular formula is C19H30N2O4S. The summed E-state index contributed by atoms with van der Waals surface area (Å²) in [4.78, 5) is 22.6. The summed E-state index contributed by atoms with van der Waals surface area (Å²) in [7, 11) is 1.44. The molecular weight excluding hydrogens is 352 g/mol. The minimum absolute atomic E-state index is 0.161. The number of amides is 1. The third-order valence-electron chi connectivity index (χ3n) is 4.05. The standard InChI is InChI=1S/C19H30N2O4S/c1-3-4-5-6-7-8-9-10-13-26-15-19(22)20-17-12-11-16(25-2)14-18(17)21(23)24/h11-12,14H,3-10,13,15H2,1-2H3,(H,20,22). The fraction of sp³-hybridized carbons (Fsp3) is 0.632. The second kappa shape index (κ2) is 13.4. The first-order valence-corrected chi connectivity index (χ1v) is 10.4. The van der Waals surface area contributed by atoms with Gasteiger partial charge in [0, 0.05) is 0 Å². The van der Waals surface area contributed by atoms with Gasteiger partial charge in [-0.25, -0.2) is 0 Å². The average Bonchev–Trinajstić information content (AvgIpc) is 2.63. The molecule has 0 saturated carbocycles. The topological polar surface area (TPSA) is 81.5 Å². The number of nitro benzene ring substituents is 1. The normalized spacial score (nSPS) is 10.5. The van der Waals surface area contributed by atoms with Gasteiger partial charge in [-0.3, -0.25) is 14.9 Å². The lowest BCUT2D eigenvalue weighted by Crippen LogP contribution is -2.15. The van der Waals surface area contributed by atoms with Crippen molar-refractivity contribution in [2.24, 2.45) is 0 Å². The summed E-state index contributed by atoms with van der Waals surface area (Å²) >= 11 is 1.57. The van der Waals surface area contributed by atoms with Crippen LogP contribution in [-0.4, -0.2) is 29.4 Å². The first-order chi connectivity index (χ1) is 12.6. The van der Waals surface area contributed by atoms with Gasteiger partial charge in [0.05, 0.1) is 23.9 Å². The van der Waals surface area contributed by atoms with Crippen LogP contribution in [0.5, 0.6) is 5.75 Å². The number of nitro groups is 1. The molecule has 0 fully saturated rings. The minimum Gasteiger partial charge on any atom is -0.496 e. The molecule has 0 atom stereocenters. The number of ether oxygens (including phenoxy) is 1. The summed E-state index contributed by atoms with van der Waals surface area (Å²) in [6.07, 6.45) is 10.1. The quantitative estimate of drug-likeness (QED) is 0.264. The molecule has 1 aromatic carbocycles. The van der Waals surface area contributed by atoms with Crippen LogP contribution in [0.2, 0.25) is 0 Å². The van der Waals surface area contributed by atoms with Crippen molar-refractivity contribution in [1.82, 2.24) is 0 Å². The lowest BCUT2D eigenvalue weighted by atomic mass is 10.1. The molecule has 0 heterocycles. The molecule has 0 radical (unpaired) electrons. The van der Waals surface area contributed by atoms with Gasteiger partial charge in [0.2, 0.25) is 5.91 Å². The van der Waals surface area contributed by atoms with Crippen LogP contribution in [0.25, 0.3) is 0 Å². The van der Waals surface area contributed by atoms with Crippen molar-refractivity contribution >= 4 is 29.0 Å². The molecule has 26 heavy (non-hydrogen) atoms. The van der Waals surface area contributed by atoms with Crippen molar-refractivity contribution in [1.29, 1.82) is 0 Å². The first kappa shape index (κ1) is 22.3. The molecule has 1 N–H and O–H groups in total. The van der Waals surface area contributed by atoms with E-state index in [1.807, 2.05) is 0 Å². The Morgan fingerprint density at radius 3 is 2.42 bits per heavy atom. The van der Waals surface area contributed by atoms with Crippen LogP contribution in [0.1, 0.15) is 58.3 Å². The van der Waals surface area contributed by atoms with Gasteiger partial charge in [-0.15, -0.1) is 0 Å². The van der Waals surface area contributed by atoms with E-state index in [0.29, 0.717) is 11.5 Å². The van der Waals surface area contributed by atoms with Crippen molar-refractivity contribution in [3.63, 3.8) is 0 Å². The summed E-state index contributed by atoms with van der Waals surface area (Å²) in [6, 6.07) is 4.40. The van der Waals surface area contributed by atoms with Crippen molar-refractivity contribution in [3.8, 4) is 5.75 Å². The monoisotopic (exact) mass is 382 g/mol. The van der Waals surface area contributed by atoms with Gasteiger partial charge in [-0.2, -0.15) is 11.8 Å². The maximum Gasteiger partial charge on any atom is 0.296 e. The molecule has 0 bridgehead atoms. The molecule has 7 heteroatoms. The number of unbranched alkanes of at least 4 members (excludes halogenated alkanes) is 7. The average molecular weight is 383 g/mol. The van der Waals surface area contributed by atoms with E-state index in [1.54, 1.807) is 17.8 Å². The van der Waals surface area contributed by atoms with E-state index in [-0.39, 0.29) is 17.3 Å². The second-order valence-corrected chi connectivity index (χ2v) is 7.32. The van der Waals surface area contributed by atoms with Crippen LogP contribution in [0.4, 0.5) is 11.4 Å². The summed E-state index contributed by atoms with van der Waals surface area (Å²) in [5.74, 6) is 1.41. The highest BCUT2D eigenvalue weighted by molar-refractivity contribution is 7.99. The van der Waals surface area contributed by atoms with E-state index in [4.69, 9.17) is 4.74 Å². The number of nitrogens with zero attached hydrogens (tertiary/aromatic N) is 1. The predicted octanol–water partition coefficient (Wildman–Crippen LogP) is 5.42. The van der Waals surface area contributed by atoms with E-state index < -0.39 is 4.92 Å². The Morgan fingerprint density at radius 1 is 1.15 bits per heavy atom. The highest BCUT2D eigenvalue weighted by atomic mass is 32.2.